The summed E-state index contributed by atoms with van der Waals surface area (Å²) >= 11 is 0. The lowest BCUT2D eigenvalue weighted by Crippen LogP contribution is -2.46. The average Bonchev–Trinajstić information content (AvgIpc) is 3.28. The Labute approximate surface area is 184 Å². The predicted molar refractivity (Wildman–Crippen MR) is 121 cm³/mol. The van der Waals surface area contributed by atoms with Crippen LogP contribution in [0.4, 0.5) is 11.4 Å². The molecule has 1 heterocycles. The summed E-state index contributed by atoms with van der Waals surface area (Å²) < 4.78 is 52.7. The highest BCUT2D eigenvalue weighted by atomic mass is 32.2. The molecule has 1 fully saturated rings. The van der Waals surface area contributed by atoms with E-state index in [2.05, 4.69) is 5.32 Å². The molecular formula is C21H27N3O5S2. The third kappa shape index (κ3) is 5.25. The van der Waals surface area contributed by atoms with Crippen LogP contribution in [0.3, 0.4) is 0 Å². The van der Waals surface area contributed by atoms with Crippen LogP contribution >= 0.6 is 0 Å². The fourth-order valence-corrected chi connectivity index (χ4v) is 6.38. The van der Waals surface area contributed by atoms with E-state index in [0.717, 1.165) is 23.4 Å². The molecule has 1 amide bonds. The number of hydrogen-bond acceptors (Lipinski definition) is 5. The smallest absolute Gasteiger partial charge is 0.248 e. The average molecular weight is 466 g/mol. The Bertz CT molecular complexity index is 1110. The van der Waals surface area contributed by atoms with Crippen molar-refractivity contribution in [2.75, 3.05) is 29.0 Å². The van der Waals surface area contributed by atoms with Crippen molar-refractivity contribution in [3.8, 4) is 0 Å². The number of benzene rings is 2. The molecule has 1 N–H and O–H groups in total. The maximum atomic E-state index is 13.0. The van der Waals surface area contributed by atoms with Gasteiger partial charge in [-0.2, -0.15) is 4.31 Å². The van der Waals surface area contributed by atoms with Crippen molar-refractivity contribution >= 4 is 37.3 Å². The Morgan fingerprint density at radius 3 is 2.10 bits per heavy atom. The first kappa shape index (κ1) is 23.2. The van der Waals surface area contributed by atoms with Crippen LogP contribution in [0.15, 0.2) is 59.5 Å². The summed E-state index contributed by atoms with van der Waals surface area (Å²) in [6.45, 7) is 2.76. The second-order valence-corrected chi connectivity index (χ2v) is 11.2. The highest BCUT2D eigenvalue weighted by Gasteiger charge is 2.32. The number of amides is 1. The van der Waals surface area contributed by atoms with Crippen molar-refractivity contribution in [1.82, 2.24) is 4.31 Å². The lowest BCUT2D eigenvalue weighted by atomic mass is 10.2. The monoisotopic (exact) mass is 465 g/mol. The third-order valence-electron chi connectivity index (χ3n) is 5.17. The number of sulfonamides is 2. The van der Waals surface area contributed by atoms with Crippen molar-refractivity contribution in [3.63, 3.8) is 0 Å². The molecule has 0 aliphatic carbocycles. The van der Waals surface area contributed by atoms with E-state index in [0.29, 0.717) is 24.5 Å². The molecule has 1 unspecified atom stereocenters. The van der Waals surface area contributed by atoms with E-state index in [1.165, 1.54) is 28.6 Å². The minimum absolute atomic E-state index is 0.168. The fourth-order valence-electron chi connectivity index (χ4n) is 3.65. The van der Waals surface area contributed by atoms with Crippen LogP contribution in [0.2, 0.25) is 0 Å². The number of hydrogen-bond donors (Lipinski definition) is 1. The summed E-state index contributed by atoms with van der Waals surface area (Å²) in [6.07, 6.45) is 3.03. The maximum absolute atomic E-state index is 13.0. The number of nitrogens with zero attached hydrogens (tertiary/aromatic N) is 2. The largest absolute Gasteiger partial charge is 0.324 e. The third-order valence-corrected chi connectivity index (χ3v) is 8.26. The lowest BCUT2D eigenvalue weighted by molar-refractivity contribution is -0.117. The molecule has 0 aromatic heterocycles. The summed E-state index contributed by atoms with van der Waals surface area (Å²) in [6, 6.07) is 13.4. The van der Waals surface area contributed by atoms with Gasteiger partial charge in [-0.3, -0.25) is 9.10 Å². The van der Waals surface area contributed by atoms with Gasteiger partial charge < -0.3 is 5.32 Å². The van der Waals surface area contributed by atoms with Gasteiger partial charge in [0.05, 0.1) is 16.8 Å². The van der Waals surface area contributed by atoms with Gasteiger partial charge in [-0.05, 0) is 55.7 Å². The van der Waals surface area contributed by atoms with Crippen LogP contribution in [0, 0.1) is 0 Å². The molecule has 168 valence electrons. The number of para-hydroxylation sites is 1. The highest BCUT2D eigenvalue weighted by Crippen LogP contribution is 2.25. The Morgan fingerprint density at radius 2 is 1.58 bits per heavy atom. The van der Waals surface area contributed by atoms with Gasteiger partial charge in [0, 0.05) is 18.8 Å². The van der Waals surface area contributed by atoms with E-state index >= 15 is 0 Å². The van der Waals surface area contributed by atoms with Crippen molar-refractivity contribution in [3.05, 3.63) is 54.6 Å². The van der Waals surface area contributed by atoms with Crippen LogP contribution in [0.5, 0.6) is 0 Å². The van der Waals surface area contributed by atoms with E-state index in [4.69, 9.17) is 0 Å². The first-order chi connectivity index (χ1) is 14.6. The molecule has 1 saturated heterocycles. The molecule has 2 aromatic carbocycles. The Morgan fingerprint density at radius 1 is 1.00 bits per heavy atom. The van der Waals surface area contributed by atoms with Crippen LogP contribution in [-0.4, -0.2) is 52.4 Å². The van der Waals surface area contributed by atoms with Crippen molar-refractivity contribution in [1.29, 1.82) is 0 Å². The first-order valence-electron chi connectivity index (χ1n) is 10.1. The highest BCUT2D eigenvalue weighted by molar-refractivity contribution is 7.92. The van der Waals surface area contributed by atoms with Gasteiger partial charge in [0.15, 0.2) is 0 Å². The summed E-state index contributed by atoms with van der Waals surface area (Å²) in [4.78, 5) is 13.1. The Hall–Kier alpha value is -2.43. The second kappa shape index (κ2) is 9.37. The van der Waals surface area contributed by atoms with E-state index in [1.54, 1.807) is 37.3 Å². The molecule has 2 aromatic rings. The topological polar surface area (TPSA) is 104 Å². The normalized spacial score (nSPS) is 16.1. The molecule has 0 radical (unpaired) electrons. The van der Waals surface area contributed by atoms with E-state index in [9.17, 15) is 21.6 Å². The van der Waals surface area contributed by atoms with Gasteiger partial charge in [0.2, 0.25) is 26.0 Å². The molecule has 8 nitrogen and oxygen atoms in total. The van der Waals surface area contributed by atoms with Crippen LogP contribution in [0.1, 0.15) is 26.2 Å². The van der Waals surface area contributed by atoms with Crippen molar-refractivity contribution in [2.24, 2.45) is 0 Å². The van der Waals surface area contributed by atoms with Crippen molar-refractivity contribution in [2.45, 2.75) is 37.1 Å². The Kier molecular flexibility index (Phi) is 7.03. The molecule has 0 saturated carbocycles. The fraction of sp³-hybridized carbons (Fsp3) is 0.381. The quantitative estimate of drug-likeness (QED) is 0.645. The molecule has 3 rings (SSSR count). The molecule has 0 bridgehead atoms. The molecular weight excluding hydrogens is 438 g/mol. The SMILES string of the molecule is CCC(C(=O)Nc1ccc(S(=O)(=O)N2CCCC2)cc1)N(c1ccccc1)S(C)(=O)=O. The molecule has 10 heteroatoms. The van der Waals surface area contributed by atoms with Crippen LogP contribution in [0.25, 0.3) is 0 Å². The lowest BCUT2D eigenvalue weighted by Gasteiger charge is -2.30. The first-order valence-corrected chi connectivity index (χ1v) is 13.4. The number of rotatable bonds is 8. The van der Waals surface area contributed by atoms with Gasteiger partial charge in [0.25, 0.3) is 0 Å². The van der Waals surface area contributed by atoms with E-state index in [-0.39, 0.29) is 11.3 Å². The summed E-state index contributed by atoms with van der Waals surface area (Å²) in [5.74, 6) is -0.494. The van der Waals surface area contributed by atoms with Crippen LogP contribution < -0.4 is 9.62 Å². The summed E-state index contributed by atoms with van der Waals surface area (Å²) in [7, 11) is -7.26. The van der Waals surface area contributed by atoms with Gasteiger partial charge in [-0.15, -0.1) is 0 Å². The molecule has 31 heavy (non-hydrogen) atoms. The van der Waals surface area contributed by atoms with Gasteiger partial charge >= 0.3 is 0 Å². The zero-order valence-corrected chi connectivity index (χ0v) is 19.2. The Balaban J connectivity index is 1.80. The predicted octanol–water partition coefficient (Wildman–Crippen LogP) is 2.65. The van der Waals surface area contributed by atoms with Crippen LogP contribution in [-0.2, 0) is 24.8 Å². The number of carbonyl (C=O) groups is 1. The maximum Gasteiger partial charge on any atom is 0.248 e. The van der Waals surface area contributed by atoms with Gasteiger partial charge in [-0.1, -0.05) is 25.1 Å². The zero-order valence-electron chi connectivity index (χ0n) is 17.6. The zero-order chi connectivity index (χ0) is 22.6. The summed E-state index contributed by atoms with van der Waals surface area (Å²) in [5.41, 5.74) is 0.796. The number of anilines is 2. The van der Waals surface area contributed by atoms with Crippen molar-refractivity contribution < 1.29 is 21.6 Å². The van der Waals surface area contributed by atoms with E-state index in [1.807, 2.05) is 0 Å². The number of carbonyl (C=O) groups excluding carboxylic acids is 1. The minimum atomic E-state index is -3.71. The summed E-state index contributed by atoms with van der Waals surface area (Å²) in [5, 5.41) is 2.71. The second-order valence-electron chi connectivity index (χ2n) is 7.44. The van der Waals surface area contributed by atoms with E-state index < -0.39 is 32.0 Å². The van der Waals surface area contributed by atoms with Gasteiger partial charge in [0.1, 0.15) is 6.04 Å². The molecule has 0 spiro atoms. The molecule has 1 atom stereocenters. The standard InChI is InChI=1S/C21H27N3O5S2/c1-3-20(24(30(2,26)27)18-9-5-4-6-10-18)21(25)22-17-11-13-19(14-12-17)31(28,29)23-15-7-8-16-23/h4-6,9-14,20H,3,7-8,15-16H2,1-2H3,(H,22,25). The molecule has 1 aliphatic heterocycles. The molecule has 1 aliphatic rings. The van der Waals surface area contributed by atoms with Gasteiger partial charge in [-0.25, -0.2) is 16.8 Å². The number of nitrogens with one attached hydrogen (secondary N) is 1. The minimum Gasteiger partial charge on any atom is -0.324 e.